The summed E-state index contributed by atoms with van der Waals surface area (Å²) in [4.78, 5) is 14.3. The van der Waals surface area contributed by atoms with E-state index in [2.05, 4.69) is 4.98 Å². The number of nitrogens with two attached hydrogens (primary N) is 1. The second-order valence-corrected chi connectivity index (χ2v) is 3.29. The van der Waals surface area contributed by atoms with Gasteiger partial charge < -0.3 is 15.3 Å². The molecule has 5 nitrogen and oxygen atoms in total. The van der Waals surface area contributed by atoms with Crippen LogP contribution >= 0.6 is 0 Å². The van der Waals surface area contributed by atoms with Crippen molar-refractivity contribution in [1.29, 1.82) is 0 Å². The average Bonchev–Trinajstić information content (AvgIpc) is 2.64. The number of oxazole rings is 1. The Morgan fingerprint density at radius 2 is 2.43 bits per heavy atom. The lowest BCUT2D eigenvalue weighted by atomic mass is 10.0. The van der Waals surface area contributed by atoms with Crippen molar-refractivity contribution in [2.75, 3.05) is 0 Å². The smallest absolute Gasteiger partial charge is 0.357 e. The third kappa shape index (κ3) is 2.11. The summed E-state index contributed by atoms with van der Waals surface area (Å²) < 4.78 is 4.99. The molecule has 0 aliphatic heterocycles. The minimum absolute atomic E-state index is 0.0984. The fourth-order valence-corrected chi connectivity index (χ4v) is 1.04. The average molecular weight is 198 g/mol. The van der Waals surface area contributed by atoms with Crippen LogP contribution in [0.4, 0.5) is 0 Å². The van der Waals surface area contributed by atoms with Gasteiger partial charge in [0.1, 0.15) is 6.26 Å². The van der Waals surface area contributed by atoms with Gasteiger partial charge in [-0.25, -0.2) is 9.78 Å². The number of carboxylic acids is 1. The quantitative estimate of drug-likeness (QED) is 0.763. The van der Waals surface area contributed by atoms with E-state index in [0.717, 1.165) is 12.7 Å². The molecule has 1 aromatic heterocycles. The van der Waals surface area contributed by atoms with Crippen molar-refractivity contribution >= 4 is 5.97 Å². The minimum Gasteiger partial charge on any atom is -0.476 e. The van der Waals surface area contributed by atoms with Crippen LogP contribution in [0.3, 0.4) is 0 Å². The Bertz CT molecular complexity index is 322. The van der Waals surface area contributed by atoms with E-state index in [-0.39, 0.29) is 23.5 Å². The highest BCUT2D eigenvalue weighted by Gasteiger charge is 2.20. The summed E-state index contributed by atoms with van der Waals surface area (Å²) in [6.07, 6.45) is 2.01. The Labute approximate surface area is 81.9 Å². The molecule has 0 aliphatic carbocycles. The van der Waals surface area contributed by atoms with E-state index in [1.165, 1.54) is 0 Å². The van der Waals surface area contributed by atoms with E-state index in [0.29, 0.717) is 0 Å². The summed E-state index contributed by atoms with van der Waals surface area (Å²) in [7, 11) is 0. The molecule has 5 heteroatoms. The molecule has 0 aromatic carbocycles. The molecule has 1 aromatic rings. The third-order valence-corrected chi connectivity index (χ3v) is 2.28. The third-order valence-electron chi connectivity index (χ3n) is 2.28. The van der Waals surface area contributed by atoms with E-state index >= 15 is 0 Å². The first kappa shape index (κ1) is 10.7. The first-order valence-electron chi connectivity index (χ1n) is 4.50. The molecule has 0 fully saturated rings. The number of nitrogens with zero attached hydrogens (tertiary/aromatic N) is 1. The van der Waals surface area contributed by atoms with Crippen molar-refractivity contribution in [2.24, 2.45) is 11.7 Å². The molecule has 2 atom stereocenters. The van der Waals surface area contributed by atoms with Gasteiger partial charge in [0, 0.05) is 0 Å². The van der Waals surface area contributed by atoms with Crippen LogP contribution in [0.5, 0.6) is 0 Å². The Balaban J connectivity index is 2.81. The van der Waals surface area contributed by atoms with Crippen molar-refractivity contribution < 1.29 is 14.3 Å². The highest BCUT2D eigenvalue weighted by molar-refractivity contribution is 5.84. The van der Waals surface area contributed by atoms with E-state index < -0.39 is 5.97 Å². The van der Waals surface area contributed by atoms with E-state index in [1.54, 1.807) is 0 Å². The van der Waals surface area contributed by atoms with E-state index in [1.807, 2.05) is 13.8 Å². The normalized spacial score (nSPS) is 15.1. The molecule has 0 bridgehead atoms. The number of rotatable bonds is 4. The van der Waals surface area contributed by atoms with E-state index in [9.17, 15) is 4.79 Å². The molecule has 0 aliphatic rings. The lowest BCUT2D eigenvalue weighted by molar-refractivity contribution is 0.0690. The van der Waals surface area contributed by atoms with Crippen molar-refractivity contribution in [3.63, 3.8) is 0 Å². The van der Waals surface area contributed by atoms with Gasteiger partial charge in [0.2, 0.25) is 5.89 Å². The second kappa shape index (κ2) is 4.23. The van der Waals surface area contributed by atoms with Gasteiger partial charge in [0.05, 0.1) is 6.04 Å². The van der Waals surface area contributed by atoms with Crippen LogP contribution in [0.1, 0.15) is 42.7 Å². The van der Waals surface area contributed by atoms with Crippen LogP contribution in [0.15, 0.2) is 10.7 Å². The fourth-order valence-electron chi connectivity index (χ4n) is 1.04. The topological polar surface area (TPSA) is 89.3 Å². The van der Waals surface area contributed by atoms with Crippen LogP contribution in [-0.4, -0.2) is 16.1 Å². The summed E-state index contributed by atoms with van der Waals surface area (Å²) in [6.45, 7) is 3.97. The number of aromatic carboxylic acids is 1. The Kier molecular flexibility index (Phi) is 3.24. The number of carbonyl (C=O) groups is 1. The predicted octanol–water partition coefficient (Wildman–Crippen LogP) is 1.42. The molecular weight excluding hydrogens is 184 g/mol. The van der Waals surface area contributed by atoms with Gasteiger partial charge in [0.25, 0.3) is 0 Å². The summed E-state index contributed by atoms with van der Waals surface area (Å²) in [6, 6.07) is -0.340. The standard InChI is InChI=1S/C9H14N2O3/c1-3-5(2)7(10)8-11-6(4-14-8)9(12)13/h4-5,7H,3,10H2,1-2H3,(H,12,13)/t5-,7-/m0/s1. The first-order valence-corrected chi connectivity index (χ1v) is 4.50. The van der Waals surface area contributed by atoms with Crippen LogP contribution in [-0.2, 0) is 0 Å². The highest BCUT2D eigenvalue weighted by Crippen LogP contribution is 2.20. The minimum atomic E-state index is -1.10. The van der Waals surface area contributed by atoms with Gasteiger partial charge in [-0.2, -0.15) is 0 Å². The molecule has 0 saturated heterocycles. The summed E-state index contributed by atoms with van der Waals surface area (Å²) in [5, 5.41) is 8.61. The van der Waals surface area contributed by atoms with Crippen LogP contribution in [0.25, 0.3) is 0 Å². The van der Waals surface area contributed by atoms with Crippen molar-refractivity contribution in [3.05, 3.63) is 17.8 Å². The van der Waals surface area contributed by atoms with Gasteiger partial charge in [-0.05, 0) is 5.92 Å². The maximum atomic E-state index is 10.5. The fraction of sp³-hybridized carbons (Fsp3) is 0.556. The summed E-state index contributed by atoms with van der Waals surface area (Å²) in [5.41, 5.74) is 5.71. The largest absolute Gasteiger partial charge is 0.476 e. The highest BCUT2D eigenvalue weighted by atomic mass is 16.4. The van der Waals surface area contributed by atoms with Gasteiger partial charge in [-0.1, -0.05) is 20.3 Å². The lowest BCUT2D eigenvalue weighted by Gasteiger charge is -2.13. The maximum absolute atomic E-state index is 10.5. The van der Waals surface area contributed by atoms with Crippen LogP contribution < -0.4 is 5.73 Å². The zero-order valence-corrected chi connectivity index (χ0v) is 8.23. The summed E-state index contributed by atoms with van der Waals surface area (Å²) in [5.74, 6) is -0.594. The zero-order chi connectivity index (χ0) is 10.7. The molecule has 0 spiro atoms. The molecule has 0 amide bonds. The zero-order valence-electron chi connectivity index (χ0n) is 8.23. The van der Waals surface area contributed by atoms with E-state index in [4.69, 9.17) is 15.3 Å². The van der Waals surface area contributed by atoms with Crippen molar-refractivity contribution in [1.82, 2.24) is 4.98 Å². The maximum Gasteiger partial charge on any atom is 0.357 e. The number of hydrogen-bond donors (Lipinski definition) is 2. The summed E-state index contributed by atoms with van der Waals surface area (Å²) >= 11 is 0. The molecule has 14 heavy (non-hydrogen) atoms. The monoisotopic (exact) mass is 198 g/mol. The Hall–Kier alpha value is -1.36. The van der Waals surface area contributed by atoms with Gasteiger partial charge in [-0.15, -0.1) is 0 Å². The van der Waals surface area contributed by atoms with Gasteiger partial charge in [0.15, 0.2) is 5.69 Å². The molecule has 1 rings (SSSR count). The van der Waals surface area contributed by atoms with Crippen molar-refractivity contribution in [3.8, 4) is 0 Å². The molecule has 3 N–H and O–H groups in total. The van der Waals surface area contributed by atoms with Crippen molar-refractivity contribution in [2.45, 2.75) is 26.3 Å². The Morgan fingerprint density at radius 3 is 2.86 bits per heavy atom. The molecule has 0 unspecified atom stereocenters. The van der Waals surface area contributed by atoms with Gasteiger partial charge >= 0.3 is 5.97 Å². The SMILES string of the molecule is CC[C@H](C)[C@H](N)c1nc(C(=O)O)co1. The Morgan fingerprint density at radius 1 is 1.79 bits per heavy atom. The number of carboxylic acid groups (broad SMARTS) is 1. The molecule has 0 radical (unpaired) electrons. The molecule has 0 saturated carbocycles. The lowest BCUT2D eigenvalue weighted by Crippen LogP contribution is -2.19. The van der Waals surface area contributed by atoms with Gasteiger partial charge in [-0.3, -0.25) is 0 Å². The number of hydrogen-bond acceptors (Lipinski definition) is 4. The molecule has 1 heterocycles. The predicted molar refractivity (Wildman–Crippen MR) is 49.8 cm³/mol. The number of aromatic nitrogens is 1. The van der Waals surface area contributed by atoms with Crippen LogP contribution in [0.2, 0.25) is 0 Å². The molecular formula is C9H14N2O3. The van der Waals surface area contributed by atoms with Crippen LogP contribution in [0, 0.1) is 5.92 Å². The first-order chi connectivity index (χ1) is 6.56. The molecule has 78 valence electrons. The second-order valence-electron chi connectivity index (χ2n) is 3.29.